The van der Waals surface area contributed by atoms with Gasteiger partial charge in [-0.05, 0) is 43.5 Å². The summed E-state index contributed by atoms with van der Waals surface area (Å²) in [6, 6.07) is 18.6. The summed E-state index contributed by atoms with van der Waals surface area (Å²) in [7, 11) is -1.78. The lowest BCUT2D eigenvalue weighted by Crippen LogP contribution is -2.43. The standard InChI is InChI=1S/C30H42O5Si/c1-23(35-36(6,7)30(3,4)5)17-11-8-16-22-27(25-18-12-9-13-19-25)34-29(32)28(33-24(2)31)26-20-14-10-15-21-26/h8-10,12-16,18-21,23,27-28H,11,17,22H2,1-7H3/b16-8-/t23-,27+,28+/m1/s1. The first-order valence-electron chi connectivity index (χ1n) is 12.7. The zero-order chi connectivity index (χ0) is 26.8. The highest BCUT2D eigenvalue weighted by Crippen LogP contribution is 2.37. The summed E-state index contributed by atoms with van der Waals surface area (Å²) in [5.41, 5.74) is 1.47. The molecule has 0 spiro atoms. The van der Waals surface area contributed by atoms with Crippen molar-refractivity contribution >= 4 is 20.3 Å². The first-order chi connectivity index (χ1) is 16.9. The van der Waals surface area contributed by atoms with E-state index in [2.05, 4.69) is 46.9 Å². The first-order valence-corrected chi connectivity index (χ1v) is 15.6. The number of carbonyl (C=O) groups is 2. The van der Waals surface area contributed by atoms with Gasteiger partial charge in [0.15, 0.2) is 8.32 Å². The average Bonchev–Trinajstić information content (AvgIpc) is 2.81. The van der Waals surface area contributed by atoms with E-state index in [0.717, 1.165) is 18.4 Å². The normalized spacial score (nSPS) is 14.8. The maximum atomic E-state index is 13.1. The molecule has 0 bridgehead atoms. The third kappa shape index (κ3) is 9.39. The molecule has 36 heavy (non-hydrogen) atoms. The molecule has 0 aromatic heterocycles. The van der Waals surface area contributed by atoms with E-state index in [-0.39, 0.29) is 11.1 Å². The Morgan fingerprint density at radius 2 is 1.44 bits per heavy atom. The van der Waals surface area contributed by atoms with Crippen LogP contribution >= 0.6 is 0 Å². The van der Waals surface area contributed by atoms with Crippen molar-refractivity contribution < 1.29 is 23.5 Å². The second kappa shape index (κ2) is 13.6. The fraction of sp³-hybridized carbons (Fsp3) is 0.467. The molecular weight excluding hydrogens is 468 g/mol. The lowest BCUT2D eigenvalue weighted by atomic mass is 10.0. The Morgan fingerprint density at radius 1 is 0.889 bits per heavy atom. The highest BCUT2D eigenvalue weighted by atomic mass is 28.4. The van der Waals surface area contributed by atoms with Crippen molar-refractivity contribution in [2.24, 2.45) is 0 Å². The fourth-order valence-corrected chi connectivity index (χ4v) is 5.05. The van der Waals surface area contributed by atoms with E-state index in [9.17, 15) is 9.59 Å². The molecule has 0 saturated heterocycles. The van der Waals surface area contributed by atoms with Crippen LogP contribution in [0.3, 0.4) is 0 Å². The van der Waals surface area contributed by atoms with E-state index in [0.29, 0.717) is 12.0 Å². The fourth-order valence-electron chi connectivity index (χ4n) is 3.58. The Bertz CT molecular complexity index is 979. The maximum absolute atomic E-state index is 13.1. The first kappa shape index (κ1) is 29.5. The number of ether oxygens (including phenoxy) is 2. The van der Waals surface area contributed by atoms with Gasteiger partial charge in [-0.3, -0.25) is 4.79 Å². The third-order valence-electron chi connectivity index (χ3n) is 6.59. The van der Waals surface area contributed by atoms with Gasteiger partial charge in [0.1, 0.15) is 6.10 Å². The van der Waals surface area contributed by atoms with Crippen molar-refractivity contribution in [3.63, 3.8) is 0 Å². The molecule has 0 unspecified atom stereocenters. The Kier molecular flexibility index (Phi) is 11.1. The van der Waals surface area contributed by atoms with Crippen LogP contribution in [0.1, 0.15) is 77.2 Å². The summed E-state index contributed by atoms with van der Waals surface area (Å²) in [6.45, 7) is 14.7. The summed E-state index contributed by atoms with van der Waals surface area (Å²) in [5, 5.41) is 0.188. The zero-order valence-corrected chi connectivity index (χ0v) is 23.8. The van der Waals surface area contributed by atoms with E-state index in [1.54, 1.807) is 24.3 Å². The van der Waals surface area contributed by atoms with E-state index in [1.165, 1.54) is 6.92 Å². The molecule has 3 atom stereocenters. The van der Waals surface area contributed by atoms with Crippen molar-refractivity contribution in [3.8, 4) is 0 Å². The van der Waals surface area contributed by atoms with Crippen molar-refractivity contribution in [2.45, 2.75) is 90.3 Å². The van der Waals surface area contributed by atoms with Gasteiger partial charge in [0.25, 0.3) is 0 Å². The predicted octanol–water partition coefficient (Wildman–Crippen LogP) is 7.71. The molecule has 2 aromatic carbocycles. The van der Waals surface area contributed by atoms with Crippen LogP contribution in [0.5, 0.6) is 0 Å². The van der Waals surface area contributed by atoms with Crippen molar-refractivity contribution in [1.82, 2.24) is 0 Å². The van der Waals surface area contributed by atoms with Crippen LogP contribution in [0.15, 0.2) is 72.8 Å². The number of esters is 2. The summed E-state index contributed by atoms with van der Waals surface area (Å²) in [5.74, 6) is -1.12. The molecule has 0 aliphatic rings. The van der Waals surface area contributed by atoms with Gasteiger partial charge in [-0.25, -0.2) is 4.79 Å². The monoisotopic (exact) mass is 510 g/mol. The number of hydrogen-bond donors (Lipinski definition) is 0. The van der Waals surface area contributed by atoms with Crippen molar-refractivity contribution in [2.75, 3.05) is 0 Å². The quantitative estimate of drug-likeness (QED) is 0.166. The van der Waals surface area contributed by atoms with Gasteiger partial charge in [0.2, 0.25) is 6.10 Å². The van der Waals surface area contributed by atoms with Gasteiger partial charge in [-0.1, -0.05) is 93.6 Å². The molecule has 0 fully saturated rings. The Labute approximate surface area is 218 Å². The van der Waals surface area contributed by atoms with Crippen LogP contribution in [-0.2, 0) is 23.5 Å². The highest BCUT2D eigenvalue weighted by molar-refractivity contribution is 6.74. The Morgan fingerprint density at radius 3 is 1.97 bits per heavy atom. The van der Waals surface area contributed by atoms with Crippen LogP contribution < -0.4 is 0 Å². The van der Waals surface area contributed by atoms with E-state index >= 15 is 0 Å². The Balaban J connectivity index is 2.04. The third-order valence-corrected chi connectivity index (χ3v) is 11.2. The van der Waals surface area contributed by atoms with Gasteiger partial charge in [-0.15, -0.1) is 0 Å². The second-order valence-corrected chi connectivity index (χ2v) is 15.5. The van der Waals surface area contributed by atoms with Gasteiger partial charge < -0.3 is 13.9 Å². The summed E-state index contributed by atoms with van der Waals surface area (Å²) in [4.78, 5) is 24.8. The lowest BCUT2D eigenvalue weighted by Gasteiger charge is -2.38. The van der Waals surface area contributed by atoms with Crippen LogP contribution in [0, 0.1) is 0 Å². The molecule has 6 heteroatoms. The molecule has 2 aromatic rings. The molecule has 0 aliphatic heterocycles. The molecule has 0 amide bonds. The number of allylic oxidation sites excluding steroid dienone is 1. The van der Waals surface area contributed by atoms with E-state index in [1.807, 2.05) is 42.5 Å². The van der Waals surface area contributed by atoms with Gasteiger partial charge in [0.05, 0.1) is 0 Å². The van der Waals surface area contributed by atoms with Crippen LogP contribution in [0.4, 0.5) is 0 Å². The van der Waals surface area contributed by atoms with Crippen LogP contribution in [-0.4, -0.2) is 26.4 Å². The van der Waals surface area contributed by atoms with Gasteiger partial charge in [-0.2, -0.15) is 0 Å². The smallest absolute Gasteiger partial charge is 0.352 e. The molecule has 0 aliphatic carbocycles. The Hall–Kier alpha value is -2.70. The molecule has 196 valence electrons. The maximum Gasteiger partial charge on any atom is 0.352 e. The SMILES string of the molecule is CC(=O)O[C@H](C(=O)O[C@@H](C/C=C\CC[C@@H](C)O[Si](C)(C)C(C)(C)C)c1ccccc1)c1ccccc1. The number of rotatable bonds is 12. The summed E-state index contributed by atoms with van der Waals surface area (Å²) >= 11 is 0. The largest absolute Gasteiger partial charge is 0.454 e. The number of hydrogen-bond acceptors (Lipinski definition) is 5. The topological polar surface area (TPSA) is 61.8 Å². The molecule has 0 saturated carbocycles. The molecular formula is C30H42O5Si. The van der Waals surface area contributed by atoms with E-state index < -0.39 is 32.5 Å². The summed E-state index contributed by atoms with van der Waals surface area (Å²) < 4.78 is 17.7. The van der Waals surface area contributed by atoms with Crippen molar-refractivity contribution in [3.05, 3.63) is 83.9 Å². The molecule has 2 rings (SSSR count). The molecule has 0 heterocycles. The highest BCUT2D eigenvalue weighted by Gasteiger charge is 2.38. The minimum absolute atomic E-state index is 0.188. The minimum Gasteiger partial charge on any atom is -0.454 e. The number of benzene rings is 2. The average molecular weight is 511 g/mol. The van der Waals surface area contributed by atoms with Crippen LogP contribution in [0.25, 0.3) is 0 Å². The second-order valence-electron chi connectivity index (χ2n) is 10.7. The predicted molar refractivity (Wildman–Crippen MR) is 147 cm³/mol. The minimum atomic E-state index is -1.78. The molecule has 0 N–H and O–H groups in total. The number of carbonyl (C=O) groups excluding carboxylic acids is 2. The van der Waals surface area contributed by atoms with Gasteiger partial charge in [0, 0.05) is 25.0 Å². The van der Waals surface area contributed by atoms with E-state index in [4.69, 9.17) is 13.9 Å². The summed E-state index contributed by atoms with van der Waals surface area (Å²) in [6.07, 6.45) is 5.10. The zero-order valence-electron chi connectivity index (χ0n) is 22.8. The van der Waals surface area contributed by atoms with Crippen LogP contribution in [0.2, 0.25) is 18.1 Å². The van der Waals surface area contributed by atoms with Gasteiger partial charge >= 0.3 is 11.9 Å². The lowest BCUT2D eigenvalue weighted by molar-refractivity contribution is -0.171. The molecule has 0 radical (unpaired) electrons. The molecule has 5 nitrogen and oxygen atoms in total. The van der Waals surface area contributed by atoms with Crippen molar-refractivity contribution in [1.29, 1.82) is 0 Å².